The Morgan fingerprint density at radius 1 is 1.53 bits per heavy atom. The first-order valence-corrected chi connectivity index (χ1v) is 4.94. The van der Waals surface area contributed by atoms with Crippen LogP contribution in [0.15, 0.2) is 0 Å². The smallest absolute Gasteiger partial charge is 0.339 e. The number of aromatic carboxylic acids is 1. The summed E-state index contributed by atoms with van der Waals surface area (Å²) in [7, 11) is 1.31. The number of phenols is 1. The monoisotopic (exact) mass is 240 g/mol. The van der Waals surface area contributed by atoms with Gasteiger partial charge >= 0.3 is 5.97 Å². The van der Waals surface area contributed by atoms with Crippen LogP contribution in [0.1, 0.15) is 33.3 Å². The maximum absolute atomic E-state index is 11.2. The van der Waals surface area contributed by atoms with Crippen LogP contribution in [-0.4, -0.2) is 28.4 Å². The third-order valence-electron chi connectivity index (χ3n) is 2.85. The van der Waals surface area contributed by atoms with E-state index in [1.54, 1.807) is 6.92 Å². The van der Waals surface area contributed by atoms with E-state index in [2.05, 4.69) is 0 Å². The lowest BCUT2D eigenvalue weighted by molar-refractivity contribution is -0.0923. The third kappa shape index (κ3) is 1.53. The molecule has 0 unspecified atom stereocenters. The molecule has 92 valence electrons. The van der Waals surface area contributed by atoms with E-state index < -0.39 is 12.3 Å². The maximum atomic E-state index is 11.2. The Balaban J connectivity index is 2.84. The minimum absolute atomic E-state index is 0.0204. The molecule has 6 nitrogen and oxygen atoms in total. The summed E-state index contributed by atoms with van der Waals surface area (Å²) in [6, 6.07) is 0. The van der Waals surface area contributed by atoms with Gasteiger partial charge in [-0.15, -0.1) is 0 Å². The minimum atomic E-state index is -1.35. The van der Waals surface area contributed by atoms with Gasteiger partial charge in [0.25, 0.3) is 0 Å². The highest BCUT2D eigenvalue weighted by atomic mass is 16.6. The zero-order valence-electron chi connectivity index (χ0n) is 9.35. The van der Waals surface area contributed by atoms with Crippen molar-refractivity contribution in [2.24, 2.45) is 0 Å². The number of phenolic OH excluding ortho intramolecular Hbond substituents is 1. The highest BCUT2D eigenvalue weighted by Crippen LogP contribution is 2.44. The van der Waals surface area contributed by atoms with Crippen LogP contribution in [0.2, 0.25) is 0 Å². The van der Waals surface area contributed by atoms with Gasteiger partial charge in [-0.25, -0.2) is 4.79 Å². The number of fused-ring (bicyclic) bond motifs is 1. The number of hydrogen-bond acceptors (Lipinski definition) is 5. The fourth-order valence-corrected chi connectivity index (χ4v) is 2.05. The van der Waals surface area contributed by atoms with Gasteiger partial charge in [0, 0.05) is 16.7 Å². The molecule has 0 radical (unpaired) electrons. The average molecular weight is 240 g/mol. The van der Waals surface area contributed by atoms with E-state index >= 15 is 0 Å². The molecule has 2 rings (SSSR count). The lowest BCUT2D eigenvalue weighted by Crippen LogP contribution is -2.09. The summed E-state index contributed by atoms with van der Waals surface area (Å²) in [5, 5.41) is 28.7. The number of aromatic hydroxyl groups is 1. The van der Waals surface area contributed by atoms with Crippen molar-refractivity contribution in [1.29, 1.82) is 0 Å². The van der Waals surface area contributed by atoms with Gasteiger partial charge in [-0.1, -0.05) is 0 Å². The van der Waals surface area contributed by atoms with Crippen molar-refractivity contribution in [3.63, 3.8) is 0 Å². The number of ether oxygens (including phenoxy) is 2. The van der Waals surface area contributed by atoms with Crippen molar-refractivity contribution in [3.8, 4) is 11.5 Å². The van der Waals surface area contributed by atoms with Crippen LogP contribution < -0.4 is 4.74 Å². The van der Waals surface area contributed by atoms with Crippen LogP contribution in [0.5, 0.6) is 11.5 Å². The molecule has 6 heteroatoms. The van der Waals surface area contributed by atoms with Crippen LogP contribution in [0.25, 0.3) is 0 Å². The number of carboxylic acid groups (broad SMARTS) is 1. The molecule has 17 heavy (non-hydrogen) atoms. The van der Waals surface area contributed by atoms with Crippen LogP contribution in [-0.2, 0) is 11.3 Å². The summed E-state index contributed by atoms with van der Waals surface area (Å²) in [5.74, 6) is -1.29. The first-order chi connectivity index (χ1) is 7.99. The average Bonchev–Trinajstić information content (AvgIpc) is 2.65. The van der Waals surface area contributed by atoms with Crippen LogP contribution in [0.3, 0.4) is 0 Å². The fraction of sp³-hybridized carbons (Fsp3) is 0.364. The molecule has 0 spiro atoms. The van der Waals surface area contributed by atoms with Crippen molar-refractivity contribution < 1.29 is 29.6 Å². The first kappa shape index (κ1) is 11.7. The molecule has 0 amide bonds. The van der Waals surface area contributed by atoms with Gasteiger partial charge in [0.15, 0.2) is 6.29 Å². The predicted molar refractivity (Wildman–Crippen MR) is 56.1 cm³/mol. The molecule has 1 aromatic carbocycles. The van der Waals surface area contributed by atoms with Gasteiger partial charge in [0.2, 0.25) is 0 Å². The molecule has 0 aliphatic carbocycles. The van der Waals surface area contributed by atoms with Gasteiger partial charge in [0.1, 0.15) is 17.1 Å². The van der Waals surface area contributed by atoms with E-state index in [0.717, 1.165) is 0 Å². The topological polar surface area (TPSA) is 96.2 Å². The van der Waals surface area contributed by atoms with Gasteiger partial charge in [-0.2, -0.15) is 0 Å². The quantitative estimate of drug-likeness (QED) is 0.711. The highest BCUT2D eigenvalue weighted by Gasteiger charge is 2.34. The molecule has 3 N–H and O–H groups in total. The van der Waals surface area contributed by atoms with E-state index in [-0.39, 0.29) is 29.2 Å². The Morgan fingerprint density at radius 2 is 2.18 bits per heavy atom. The second kappa shape index (κ2) is 3.90. The predicted octanol–water partition coefficient (Wildman–Crippen LogP) is 0.929. The zero-order valence-corrected chi connectivity index (χ0v) is 9.35. The third-order valence-corrected chi connectivity index (χ3v) is 2.85. The molecule has 1 aliphatic rings. The molecule has 1 aliphatic heterocycles. The van der Waals surface area contributed by atoms with Crippen LogP contribution >= 0.6 is 0 Å². The summed E-state index contributed by atoms with van der Waals surface area (Å²) >= 11 is 0. The number of aliphatic hydroxyl groups excluding tert-OH is 1. The SMILES string of the molecule is COc1c(C)c(O)c2c(c1C(=O)O)[C@H](O)OC2. The molecular formula is C11H12O6. The standard InChI is InChI=1S/C11H12O6/c1-4-8(12)5-3-17-11(15)6(5)7(10(13)14)9(4)16-2/h11-12,15H,3H2,1-2H3,(H,13,14)/t11-/m1/s1. The number of aliphatic hydroxyl groups is 1. The van der Waals surface area contributed by atoms with Crippen LogP contribution in [0.4, 0.5) is 0 Å². The van der Waals surface area contributed by atoms with Gasteiger partial charge in [0.05, 0.1) is 13.7 Å². The van der Waals surface area contributed by atoms with Gasteiger partial charge < -0.3 is 24.8 Å². The molecule has 0 saturated heterocycles. The molecule has 0 aromatic heterocycles. The van der Waals surface area contributed by atoms with Crippen molar-refractivity contribution >= 4 is 5.97 Å². The highest BCUT2D eigenvalue weighted by molar-refractivity contribution is 5.94. The molecule has 1 atom stereocenters. The Hall–Kier alpha value is -1.79. The minimum Gasteiger partial charge on any atom is -0.507 e. The van der Waals surface area contributed by atoms with E-state index in [0.29, 0.717) is 11.1 Å². The Labute approximate surface area is 97.0 Å². The lowest BCUT2D eigenvalue weighted by Gasteiger charge is -2.15. The van der Waals surface area contributed by atoms with Crippen molar-refractivity contribution in [3.05, 3.63) is 22.3 Å². The molecule has 0 saturated carbocycles. The Kier molecular flexibility index (Phi) is 2.68. The normalized spacial score (nSPS) is 17.9. The van der Waals surface area contributed by atoms with Gasteiger partial charge in [-0.3, -0.25) is 0 Å². The number of rotatable bonds is 2. The summed E-state index contributed by atoms with van der Waals surface area (Å²) in [6.45, 7) is 1.53. The molecule has 1 heterocycles. The molecule has 0 fully saturated rings. The van der Waals surface area contributed by atoms with Crippen molar-refractivity contribution in [1.82, 2.24) is 0 Å². The number of hydrogen-bond donors (Lipinski definition) is 3. The molecule has 0 bridgehead atoms. The Morgan fingerprint density at radius 3 is 2.71 bits per heavy atom. The van der Waals surface area contributed by atoms with E-state index in [1.165, 1.54) is 7.11 Å². The van der Waals surface area contributed by atoms with E-state index in [9.17, 15) is 15.0 Å². The summed E-state index contributed by atoms with van der Waals surface area (Å²) in [4.78, 5) is 11.2. The zero-order chi connectivity index (χ0) is 12.7. The largest absolute Gasteiger partial charge is 0.507 e. The second-order valence-electron chi connectivity index (χ2n) is 3.74. The van der Waals surface area contributed by atoms with Crippen LogP contribution in [0, 0.1) is 6.92 Å². The number of methoxy groups -OCH3 is 1. The number of carboxylic acids is 1. The lowest BCUT2D eigenvalue weighted by atomic mass is 9.96. The number of benzene rings is 1. The summed E-state index contributed by atoms with van der Waals surface area (Å²) in [6.07, 6.45) is -1.35. The summed E-state index contributed by atoms with van der Waals surface area (Å²) in [5.41, 5.74) is 0.523. The van der Waals surface area contributed by atoms with Gasteiger partial charge in [-0.05, 0) is 6.92 Å². The Bertz CT molecular complexity index is 493. The summed E-state index contributed by atoms with van der Waals surface area (Å²) < 4.78 is 9.91. The molecule has 1 aromatic rings. The first-order valence-electron chi connectivity index (χ1n) is 4.94. The molecular weight excluding hydrogens is 228 g/mol. The maximum Gasteiger partial charge on any atom is 0.339 e. The van der Waals surface area contributed by atoms with Crippen molar-refractivity contribution in [2.45, 2.75) is 19.8 Å². The fourth-order valence-electron chi connectivity index (χ4n) is 2.05. The van der Waals surface area contributed by atoms with E-state index in [1.807, 2.05) is 0 Å². The second-order valence-corrected chi connectivity index (χ2v) is 3.74. The van der Waals surface area contributed by atoms with E-state index in [4.69, 9.17) is 14.6 Å². The van der Waals surface area contributed by atoms with Crippen molar-refractivity contribution in [2.75, 3.05) is 7.11 Å². The number of carbonyl (C=O) groups is 1.